The molecular weight excluding hydrogens is 471 g/mol. The second kappa shape index (κ2) is 10.1. The molecule has 0 aliphatic rings. The van der Waals surface area contributed by atoms with Gasteiger partial charge in [-0.3, -0.25) is 4.79 Å². The van der Waals surface area contributed by atoms with Crippen LogP contribution >= 0.6 is 0 Å². The van der Waals surface area contributed by atoms with E-state index in [1.807, 2.05) is 13.0 Å². The maximum atomic E-state index is 13.9. The molecule has 2 heterocycles. The van der Waals surface area contributed by atoms with Crippen LogP contribution in [0.15, 0.2) is 82.7 Å². The third kappa shape index (κ3) is 6.10. The molecule has 0 fully saturated rings. The minimum absolute atomic E-state index is 0.134. The first kappa shape index (κ1) is 24.1. The average Bonchev–Trinajstić information content (AvgIpc) is 3.31. The summed E-state index contributed by atoms with van der Waals surface area (Å²) in [6, 6.07) is 16.7. The summed E-state index contributed by atoms with van der Waals surface area (Å²) in [5, 5.41) is 2.30. The molecule has 4 rings (SSSR count). The Labute approximate surface area is 202 Å². The Morgan fingerprint density at radius 3 is 2.57 bits per heavy atom. The summed E-state index contributed by atoms with van der Waals surface area (Å²) in [7, 11) is -3.78. The number of aryl methyl sites for hydroxylation is 1. The maximum Gasteiger partial charge on any atom is 0.276 e. The molecule has 0 aliphatic heterocycles. The van der Waals surface area contributed by atoms with Gasteiger partial charge in [-0.1, -0.05) is 24.3 Å². The number of nitrogens with one attached hydrogen (secondary N) is 1. The molecule has 0 atom stereocenters. The fraction of sp³-hybridized carbons (Fsp3) is 0.160. The lowest BCUT2D eigenvalue weighted by molar-refractivity contribution is 0.102. The fourth-order valence-electron chi connectivity index (χ4n) is 3.52. The highest BCUT2D eigenvalue weighted by Gasteiger charge is 2.24. The minimum atomic E-state index is -3.78. The van der Waals surface area contributed by atoms with Gasteiger partial charge in [-0.2, -0.15) is 0 Å². The van der Waals surface area contributed by atoms with Crippen molar-refractivity contribution in [3.05, 3.63) is 102 Å². The molecule has 180 valence electrons. The molecule has 0 saturated carbocycles. The van der Waals surface area contributed by atoms with Gasteiger partial charge in [-0.25, -0.2) is 22.8 Å². The molecule has 0 radical (unpaired) electrons. The van der Waals surface area contributed by atoms with Crippen LogP contribution in [-0.2, 0) is 22.9 Å². The van der Waals surface area contributed by atoms with Crippen LogP contribution in [0.4, 0.5) is 15.8 Å². The zero-order valence-corrected chi connectivity index (χ0v) is 19.9. The number of hydrogen-bond donors (Lipinski definition) is 1. The normalized spacial score (nSPS) is 11.3. The number of hydrogen-bond acceptors (Lipinski definition) is 7. The third-order valence-electron chi connectivity index (χ3n) is 5.10. The first-order valence-corrected chi connectivity index (χ1v) is 12.5. The van der Waals surface area contributed by atoms with E-state index in [4.69, 9.17) is 4.42 Å². The number of benzene rings is 2. The van der Waals surface area contributed by atoms with Gasteiger partial charge in [-0.05, 0) is 54.4 Å². The number of anilines is 2. The van der Waals surface area contributed by atoms with Gasteiger partial charge >= 0.3 is 0 Å². The monoisotopic (exact) mass is 494 g/mol. The van der Waals surface area contributed by atoms with Crippen LogP contribution < -0.4 is 10.2 Å². The summed E-state index contributed by atoms with van der Waals surface area (Å²) in [5.74, 6) is -0.429. The van der Waals surface area contributed by atoms with Crippen LogP contribution in [0.3, 0.4) is 0 Å². The quantitative estimate of drug-likeness (QED) is 0.362. The summed E-state index contributed by atoms with van der Waals surface area (Å²) in [6.07, 6.45) is 3.78. The largest absolute Gasteiger partial charge is 0.467 e. The zero-order chi connectivity index (χ0) is 25.0. The molecular formula is C25H23FN4O4S. The van der Waals surface area contributed by atoms with Crippen molar-refractivity contribution in [1.29, 1.82) is 0 Å². The lowest BCUT2D eigenvalue weighted by Crippen LogP contribution is -2.27. The van der Waals surface area contributed by atoms with Crippen LogP contribution in [0.25, 0.3) is 0 Å². The molecule has 4 aromatic rings. The number of nitrogens with zero attached hydrogens (tertiary/aromatic N) is 3. The molecule has 1 amide bonds. The van der Waals surface area contributed by atoms with Crippen molar-refractivity contribution in [1.82, 2.24) is 9.97 Å². The van der Waals surface area contributed by atoms with Gasteiger partial charge in [0, 0.05) is 18.5 Å². The van der Waals surface area contributed by atoms with Gasteiger partial charge in [0.1, 0.15) is 11.6 Å². The number of carbonyl (C=O) groups is 1. The molecule has 10 heteroatoms. The van der Waals surface area contributed by atoms with Gasteiger partial charge in [0.15, 0.2) is 5.69 Å². The molecule has 0 bridgehead atoms. The summed E-state index contributed by atoms with van der Waals surface area (Å²) in [5.41, 5.74) is 2.23. The molecule has 0 spiro atoms. The van der Waals surface area contributed by atoms with Crippen molar-refractivity contribution < 1.29 is 22.0 Å². The molecule has 8 nitrogen and oxygen atoms in total. The van der Waals surface area contributed by atoms with Gasteiger partial charge in [-0.15, -0.1) is 0 Å². The zero-order valence-electron chi connectivity index (χ0n) is 19.1. The predicted octanol–water partition coefficient (Wildman–Crippen LogP) is 4.38. The lowest BCUT2D eigenvalue weighted by Gasteiger charge is -2.25. The number of aromatic nitrogens is 2. The summed E-state index contributed by atoms with van der Waals surface area (Å²) in [4.78, 5) is 23.2. The lowest BCUT2D eigenvalue weighted by atomic mass is 10.1. The Kier molecular flexibility index (Phi) is 6.92. The van der Waals surface area contributed by atoms with E-state index in [0.717, 1.165) is 11.8 Å². The molecule has 2 aromatic carbocycles. The van der Waals surface area contributed by atoms with Gasteiger partial charge in [0.2, 0.25) is 15.0 Å². The van der Waals surface area contributed by atoms with Crippen LogP contribution in [0.5, 0.6) is 0 Å². The van der Waals surface area contributed by atoms with E-state index < -0.39 is 26.7 Å². The van der Waals surface area contributed by atoms with Crippen LogP contribution in [0.1, 0.15) is 27.4 Å². The predicted molar refractivity (Wildman–Crippen MR) is 129 cm³/mol. The Bertz CT molecular complexity index is 1460. The van der Waals surface area contributed by atoms with Gasteiger partial charge in [0.25, 0.3) is 5.91 Å². The van der Waals surface area contributed by atoms with Crippen LogP contribution in [0.2, 0.25) is 0 Å². The number of carbonyl (C=O) groups excluding carboxylic acids is 1. The van der Waals surface area contributed by atoms with E-state index >= 15 is 0 Å². The molecule has 1 N–H and O–H groups in total. The topological polar surface area (TPSA) is 105 Å². The third-order valence-corrected chi connectivity index (χ3v) is 5.96. The molecule has 35 heavy (non-hydrogen) atoms. The highest BCUT2D eigenvalue weighted by molar-refractivity contribution is 7.90. The number of furan rings is 1. The second-order valence-corrected chi connectivity index (χ2v) is 9.96. The second-order valence-electron chi connectivity index (χ2n) is 8.05. The van der Waals surface area contributed by atoms with E-state index in [0.29, 0.717) is 17.0 Å². The summed E-state index contributed by atoms with van der Waals surface area (Å²) < 4.78 is 43.7. The van der Waals surface area contributed by atoms with E-state index in [1.165, 1.54) is 24.6 Å². The average molecular weight is 495 g/mol. The Morgan fingerprint density at radius 2 is 1.89 bits per heavy atom. The number of sulfone groups is 1. The highest BCUT2D eigenvalue weighted by atomic mass is 32.2. The van der Waals surface area contributed by atoms with E-state index in [2.05, 4.69) is 15.3 Å². The van der Waals surface area contributed by atoms with Crippen molar-refractivity contribution in [3.8, 4) is 0 Å². The van der Waals surface area contributed by atoms with Crippen molar-refractivity contribution >= 4 is 27.1 Å². The molecule has 0 saturated heterocycles. The van der Waals surface area contributed by atoms with Crippen molar-refractivity contribution in [2.45, 2.75) is 25.2 Å². The fourth-order valence-corrected chi connectivity index (χ4v) is 4.02. The number of rotatable bonds is 8. The molecule has 0 unspecified atom stereocenters. The summed E-state index contributed by atoms with van der Waals surface area (Å²) >= 11 is 0. The summed E-state index contributed by atoms with van der Waals surface area (Å²) in [6.45, 7) is 2.28. The first-order chi connectivity index (χ1) is 16.7. The van der Waals surface area contributed by atoms with Gasteiger partial charge < -0.3 is 14.6 Å². The van der Waals surface area contributed by atoms with Crippen LogP contribution in [0, 0.1) is 12.7 Å². The number of halogens is 1. The van der Waals surface area contributed by atoms with Gasteiger partial charge in [0.05, 0.1) is 24.7 Å². The smallest absolute Gasteiger partial charge is 0.276 e. The van der Waals surface area contributed by atoms with Crippen LogP contribution in [-0.4, -0.2) is 30.5 Å². The Balaban J connectivity index is 1.79. The Morgan fingerprint density at radius 1 is 1.09 bits per heavy atom. The van der Waals surface area contributed by atoms with E-state index in [-0.39, 0.29) is 24.5 Å². The van der Waals surface area contributed by atoms with Crippen molar-refractivity contribution in [2.75, 3.05) is 16.5 Å². The first-order valence-electron chi connectivity index (χ1n) is 10.7. The van der Waals surface area contributed by atoms with E-state index in [9.17, 15) is 17.6 Å². The maximum absolute atomic E-state index is 13.9. The highest BCUT2D eigenvalue weighted by Crippen LogP contribution is 2.25. The van der Waals surface area contributed by atoms with Crippen molar-refractivity contribution in [2.24, 2.45) is 0 Å². The molecule has 2 aromatic heterocycles. The van der Waals surface area contributed by atoms with E-state index in [1.54, 1.807) is 47.4 Å². The molecule has 0 aliphatic carbocycles. The Hall–Kier alpha value is -4.05. The standard InChI is InChI=1S/C25H23FN4O4S/c1-17-6-3-9-20(12-17)28-24(31)23-22(14-27-25(29-23)35(2,32)33)30(16-21-10-5-11-34-21)15-18-7-4-8-19(26)13-18/h3-14H,15-16H2,1-2H3,(H,28,31). The number of amides is 1. The SMILES string of the molecule is Cc1cccc(NC(=O)c2nc(S(C)(=O)=O)ncc2N(Cc2cccc(F)c2)Cc2ccco2)c1. The van der Waals surface area contributed by atoms with Crippen molar-refractivity contribution in [3.63, 3.8) is 0 Å². The minimum Gasteiger partial charge on any atom is -0.467 e.